The molecule has 3 heterocycles. The van der Waals surface area contributed by atoms with Gasteiger partial charge in [-0.2, -0.15) is 18.3 Å². The number of nitrogens with zero attached hydrogens (tertiary/aromatic N) is 4. The molecule has 8 nitrogen and oxygen atoms in total. The van der Waals surface area contributed by atoms with Gasteiger partial charge in [0.2, 0.25) is 0 Å². The number of alkyl halides is 3. The van der Waals surface area contributed by atoms with Crippen molar-refractivity contribution in [1.82, 2.24) is 25.7 Å². The molecule has 1 fully saturated rings. The van der Waals surface area contributed by atoms with E-state index in [2.05, 4.69) is 25.4 Å². The van der Waals surface area contributed by atoms with Crippen molar-refractivity contribution in [1.29, 1.82) is 0 Å². The van der Waals surface area contributed by atoms with Crippen LogP contribution in [-0.4, -0.2) is 45.2 Å². The van der Waals surface area contributed by atoms with Crippen LogP contribution in [0.25, 0.3) is 10.0 Å². The summed E-state index contributed by atoms with van der Waals surface area (Å²) in [6, 6.07) is 2.92. The van der Waals surface area contributed by atoms with Crippen molar-refractivity contribution >= 4 is 40.2 Å². The standard InChI is InChI=1S/C22H21F3N6O2S2/c23-22(24,25)15(30-31-18(32)14-4-3-8-26-12-14)5-1-2-9-27-19(33)16-17(13-6-7-13)35-21(29-16)20-28-10-11-34-20/h3-4,8,10-13H,1-2,5-7,9H2,(H,27,33)(H,31,32)/b30-15+. The van der Waals surface area contributed by atoms with Crippen LogP contribution in [0.4, 0.5) is 13.2 Å². The molecule has 2 amide bonds. The SMILES string of the molecule is O=C(N/N=C(\CCCCNC(=O)c1nc(-c2nccs2)sc1C1CC1)C(F)(F)F)c1cccnc1. The van der Waals surface area contributed by atoms with Gasteiger partial charge in [-0.05, 0) is 50.2 Å². The lowest BCUT2D eigenvalue weighted by atomic mass is 10.1. The van der Waals surface area contributed by atoms with Crippen LogP contribution in [0, 0.1) is 0 Å². The summed E-state index contributed by atoms with van der Waals surface area (Å²) in [5, 5.41) is 9.33. The van der Waals surface area contributed by atoms with Gasteiger partial charge >= 0.3 is 6.18 Å². The fraction of sp³-hybridized carbons (Fsp3) is 0.364. The second kappa shape index (κ2) is 11.0. The summed E-state index contributed by atoms with van der Waals surface area (Å²) in [5.74, 6) is -0.784. The number of carbonyl (C=O) groups is 2. The molecule has 1 aliphatic carbocycles. The fourth-order valence-corrected chi connectivity index (χ4v) is 5.09. The fourth-order valence-electron chi connectivity index (χ4n) is 3.18. The highest BCUT2D eigenvalue weighted by molar-refractivity contribution is 7.20. The molecule has 1 aliphatic rings. The first kappa shape index (κ1) is 24.9. The number of amides is 2. The second-order valence-electron chi connectivity index (χ2n) is 7.80. The van der Waals surface area contributed by atoms with E-state index >= 15 is 0 Å². The number of thiazole rings is 2. The highest BCUT2D eigenvalue weighted by Crippen LogP contribution is 2.46. The minimum Gasteiger partial charge on any atom is -0.351 e. The molecule has 4 rings (SSSR count). The molecule has 3 aromatic rings. The molecule has 0 atom stereocenters. The van der Waals surface area contributed by atoms with E-state index in [0.29, 0.717) is 23.0 Å². The molecular weight excluding hydrogens is 501 g/mol. The molecule has 2 N–H and O–H groups in total. The Morgan fingerprint density at radius 3 is 2.63 bits per heavy atom. The summed E-state index contributed by atoms with van der Waals surface area (Å²) in [4.78, 5) is 38.1. The average Bonchev–Trinajstić information content (AvgIpc) is 3.34. The number of rotatable bonds is 10. The van der Waals surface area contributed by atoms with Crippen molar-refractivity contribution in [3.05, 3.63) is 52.2 Å². The highest BCUT2D eigenvalue weighted by atomic mass is 32.1. The predicted molar refractivity (Wildman–Crippen MR) is 127 cm³/mol. The molecule has 0 radical (unpaired) electrons. The Hall–Kier alpha value is -3.19. The Morgan fingerprint density at radius 2 is 1.97 bits per heavy atom. The number of halogens is 3. The summed E-state index contributed by atoms with van der Waals surface area (Å²) < 4.78 is 39.9. The van der Waals surface area contributed by atoms with Crippen molar-refractivity contribution in [3.8, 4) is 10.0 Å². The number of hydrogen-bond acceptors (Lipinski definition) is 8. The normalized spacial score (nSPS) is 14.1. The summed E-state index contributed by atoms with van der Waals surface area (Å²) in [5.41, 5.74) is 1.31. The number of unbranched alkanes of at least 4 members (excludes halogenated alkanes) is 1. The molecule has 3 aromatic heterocycles. The van der Waals surface area contributed by atoms with E-state index in [0.717, 1.165) is 22.7 Å². The van der Waals surface area contributed by atoms with E-state index in [1.807, 2.05) is 10.8 Å². The van der Waals surface area contributed by atoms with Gasteiger partial charge in [-0.3, -0.25) is 14.6 Å². The lowest BCUT2D eigenvalue weighted by Gasteiger charge is -2.11. The van der Waals surface area contributed by atoms with Crippen LogP contribution in [-0.2, 0) is 0 Å². The molecule has 0 bridgehead atoms. The van der Waals surface area contributed by atoms with E-state index in [1.165, 1.54) is 47.2 Å². The van der Waals surface area contributed by atoms with Gasteiger partial charge in [0.1, 0.15) is 11.4 Å². The van der Waals surface area contributed by atoms with Crippen molar-refractivity contribution in [2.75, 3.05) is 6.54 Å². The quantitative estimate of drug-likeness (QED) is 0.226. The molecule has 0 saturated heterocycles. The third-order valence-electron chi connectivity index (χ3n) is 5.10. The molecule has 0 aliphatic heterocycles. The third-order valence-corrected chi connectivity index (χ3v) is 7.23. The number of hydrogen-bond donors (Lipinski definition) is 2. The van der Waals surface area contributed by atoms with E-state index < -0.39 is 24.2 Å². The van der Waals surface area contributed by atoms with Gasteiger partial charge < -0.3 is 5.32 Å². The molecule has 0 spiro atoms. The first-order chi connectivity index (χ1) is 16.8. The van der Waals surface area contributed by atoms with Crippen molar-refractivity contribution < 1.29 is 22.8 Å². The van der Waals surface area contributed by atoms with Gasteiger partial charge in [0.15, 0.2) is 10.0 Å². The number of nitrogens with one attached hydrogen (secondary N) is 2. The van der Waals surface area contributed by atoms with Gasteiger partial charge in [0, 0.05) is 35.4 Å². The number of aromatic nitrogens is 3. The maximum atomic E-state index is 13.3. The van der Waals surface area contributed by atoms with Gasteiger partial charge in [-0.1, -0.05) is 0 Å². The molecule has 1 saturated carbocycles. The van der Waals surface area contributed by atoms with Crippen LogP contribution in [0.3, 0.4) is 0 Å². The lowest BCUT2D eigenvalue weighted by molar-refractivity contribution is -0.0609. The van der Waals surface area contributed by atoms with E-state index in [-0.39, 0.29) is 24.4 Å². The lowest BCUT2D eigenvalue weighted by Crippen LogP contribution is -2.29. The van der Waals surface area contributed by atoms with Gasteiger partial charge in [0.25, 0.3) is 11.8 Å². The maximum absolute atomic E-state index is 13.3. The predicted octanol–water partition coefficient (Wildman–Crippen LogP) is 4.79. The first-order valence-corrected chi connectivity index (χ1v) is 12.6. The smallest absolute Gasteiger partial charge is 0.351 e. The van der Waals surface area contributed by atoms with E-state index in [9.17, 15) is 22.8 Å². The Labute approximate surface area is 206 Å². The monoisotopic (exact) mass is 522 g/mol. The molecule has 0 unspecified atom stereocenters. The van der Waals surface area contributed by atoms with Crippen LogP contribution in [0.2, 0.25) is 0 Å². The van der Waals surface area contributed by atoms with Crippen LogP contribution in [0.1, 0.15) is 63.7 Å². The Bertz CT molecular complexity index is 1190. The largest absolute Gasteiger partial charge is 0.431 e. The van der Waals surface area contributed by atoms with Crippen LogP contribution >= 0.6 is 22.7 Å². The van der Waals surface area contributed by atoms with Crippen LogP contribution in [0.15, 0.2) is 41.2 Å². The van der Waals surface area contributed by atoms with Gasteiger partial charge in [-0.15, -0.1) is 22.7 Å². The number of pyridine rings is 1. The van der Waals surface area contributed by atoms with Crippen molar-refractivity contribution in [3.63, 3.8) is 0 Å². The Balaban J connectivity index is 1.28. The van der Waals surface area contributed by atoms with Crippen LogP contribution < -0.4 is 10.7 Å². The van der Waals surface area contributed by atoms with E-state index in [4.69, 9.17) is 0 Å². The summed E-state index contributed by atoms with van der Waals surface area (Å²) >= 11 is 2.92. The maximum Gasteiger partial charge on any atom is 0.431 e. The minimum absolute atomic E-state index is 0.103. The zero-order valence-corrected chi connectivity index (χ0v) is 20.0. The Kier molecular flexibility index (Phi) is 7.86. The van der Waals surface area contributed by atoms with Gasteiger partial charge in [-0.25, -0.2) is 15.4 Å². The zero-order valence-electron chi connectivity index (χ0n) is 18.3. The van der Waals surface area contributed by atoms with Crippen LogP contribution in [0.5, 0.6) is 0 Å². The topological polar surface area (TPSA) is 109 Å². The zero-order chi connectivity index (χ0) is 24.8. The van der Waals surface area contributed by atoms with Gasteiger partial charge in [0.05, 0.1) is 5.56 Å². The molecular formula is C22H21F3N6O2S2. The first-order valence-electron chi connectivity index (χ1n) is 10.9. The third kappa shape index (κ3) is 6.69. The summed E-state index contributed by atoms with van der Waals surface area (Å²) in [6.45, 7) is 0.195. The summed E-state index contributed by atoms with van der Waals surface area (Å²) in [7, 11) is 0. The highest BCUT2D eigenvalue weighted by Gasteiger charge is 2.35. The summed E-state index contributed by atoms with van der Waals surface area (Å²) in [6.07, 6.45) is 1.73. The van der Waals surface area contributed by atoms with E-state index in [1.54, 1.807) is 6.20 Å². The molecule has 184 valence electrons. The average molecular weight is 523 g/mol. The Morgan fingerprint density at radius 1 is 1.14 bits per heavy atom. The molecule has 0 aromatic carbocycles. The number of carbonyl (C=O) groups excluding carboxylic acids is 2. The van der Waals surface area contributed by atoms with Crippen molar-refractivity contribution in [2.45, 2.75) is 44.2 Å². The van der Waals surface area contributed by atoms with Crippen molar-refractivity contribution in [2.24, 2.45) is 5.10 Å². The second-order valence-corrected chi connectivity index (χ2v) is 9.72. The number of hydrazone groups is 1. The molecule has 13 heteroatoms. The minimum atomic E-state index is -4.68. The molecule has 35 heavy (non-hydrogen) atoms.